The molecule has 2 aromatic carbocycles. The maximum Gasteiger partial charge on any atom is 0.260 e. The average molecular weight is 259 g/mol. The Morgan fingerprint density at radius 3 is 2.74 bits per heavy atom. The zero-order valence-electron chi connectivity index (χ0n) is 11.0. The van der Waals surface area contributed by atoms with Gasteiger partial charge in [-0.1, -0.05) is 30.3 Å². The minimum Gasteiger partial charge on any atom is -0.481 e. The molecule has 0 spiro atoms. The summed E-state index contributed by atoms with van der Waals surface area (Å²) in [4.78, 5) is 11.5. The molecule has 0 aliphatic rings. The fourth-order valence-electron chi connectivity index (χ4n) is 2.04. The van der Waals surface area contributed by atoms with Crippen LogP contribution >= 0.6 is 0 Å². The third-order valence-corrected chi connectivity index (χ3v) is 3.08. The number of aliphatic hydroxyl groups excluding tert-OH is 1. The number of carbonyl (C=O) groups excluding carboxylic acids is 1. The fourth-order valence-corrected chi connectivity index (χ4v) is 2.04. The van der Waals surface area contributed by atoms with Crippen LogP contribution in [0.25, 0.3) is 10.8 Å². The lowest BCUT2D eigenvalue weighted by molar-refractivity contribution is -0.126. The number of carbonyl (C=O) groups is 1. The van der Waals surface area contributed by atoms with Crippen molar-refractivity contribution in [1.29, 1.82) is 0 Å². The van der Waals surface area contributed by atoms with Crippen molar-refractivity contribution in [2.75, 3.05) is 7.05 Å². The first-order valence-electron chi connectivity index (χ1n) is 6.17. The predicted octanol–water partition coefficient (Wildman–Crippen LogP) is 1.85. The molecule has 100 valence electrons. The highest BCUT2D eigenvalue weighted by molar-refractivity contribution is 5.88. The molecule has 4 nitrogen and oxygen atoms in total. The molecule has 0 aliphatic heterocycles. The molecular formula is C15H17NO3. The zero-order chi connectivity index (χ0) is 13.8. The Labute approximate surface area is 112 Å². The monoisotopic (exact) mass is 259 g/mol. The minimum atomic E-state index is -0.600. The van der Waals surface area contributed by atoms with Crippen LogP contribution in [0, 0.1) is 0 Å². The summed E-state index contributed by atoms with van der Waals surface area (Å²) in [5, 5.41) is 14.0. The van der Waals surface area contributed by atoms with E-state index in [2.05, 4.69) is 5.32 Å². The van der Waals surface area contributed by atoms with Gasteiger partial charge in [-0.25, -0.2) is 0 Å². The second-order valence-electron chi connectivity index (χ2n) is 4.30. The molecule has 1 unspecified atom stereocenters. The smallest absolute Gasteiger partial charge is 0.260 e. The van der Waals surface area contributed by atoms with Crippen molar-refractivity contribution < 1.29 is 14.6 Å². The van der Waals surface area contributed by atoms with Gasteiger partial charge in [-0.3, -0.25) is 4.79 Å². The standard InChI is InChI=1S/C15H17NO3/c1-10(15(18)16-2)19-14-8-7-11-5-3-4-6-12(11)13(14)9-17/h3-8,10,17H,9H2,1-2H3,(H,16,18). The first-order valence-corrected chi connectivity index (χ1v) is 6.17. The number of nitrogens with one attached hydrogen (secondary N) is 1. The maximum absolute atomic E-state index is 11.5. The number of amides is 1. The van der Waals surface area contributed by atoms with E-state index in [1.54, 1.807) is 20.0 Å². The molecule has 0 saturated heterocycles. The van der Waals surface area contributed by atoms with E-state index in [-0.39, 0.29) is 12.5 Å². The molecule has 4 heteroatoms. The molecule has 1 atom stereocenters. The van der Waals surface area contributed by atoms with Crippen LogP contribution in [0.3, 0.4) is 0 Å². The van der Waals surface area contributed by atoms with Gasteiger partial charge in [-0.2, -0.15) is 0 Å². The molecule has 0 heterocycles. The maximum atomic E-state index is 11.5. The zero-order valence-corrected chi connectivity index (χ0v) is 11.0. The number of hydrogen-bond acceptors (Lipinski definition) is 3. The van der Waals surface area contributed by atoms with E-state index in [1.807, 2.05) is 30.3 Å². The summed E-state index contributed by atoms with van der Waals surface area (Å²) in [5.41, 5.74) is 0.703. The van der Waals surface area contributed by atoms with Gasteiger partial charge in [0, 0.05) is 12.6 Å². The van der Waals surface area contributed by atoms with Crippen molar-refractivity contribution in [1.82, 2.24) is 5.32 Å². The molecule has 0 saturated carbocycles. The van der Waals surface area contributed by atoms with Gasteiger partial charge in [-0.05, 0) is 23.8 Å². The molecule has 0 bridgehead atoms. The lowest BCUT2D eigenvalue weighted by Crippen LogP contribution is -2.33. The van der Waals surface area contributed by atoms with Crippen molar-refractivity contribution in [3.63, 3.8) is 0 Å². The normalized spacial score (nSPS) is 12.2. The SMILES string of the molecule is CNC(=O)C(C)Oc1ccc2ccccc2c1CO. The van der Waals surface area contributed by atoms with E-state index >= 15 is 0 Å². The lowest BCUT2D eigenvalue weighted by atomic mass is 10.0. The number of likely N-dealkylation sites (N-methyl/N-ethyl adjacent to an activating group) is 1. The Hall–Kier alpha value is -2.07. The summed E-state index contributed by atoms with van der Waals surface area (Å²) >= 11 is 0. The van der Waals surface area contributed by atoms with E-state index in [1.165, 1.54) is 0 Å². The van der Waals surface area contributed by atoms with Crippen molar-refractivity contribution in [2.45, 2.75) is 19.6 Å². The van der Waals surface area contributed by atoms with Crippen LogP contribution in [0.4, 0.5) is 0 Å². The van der Waals surface area contributed by atoms with Gasteiger partial charge >= 0.3 is 0 Å². The predicted molar refractivity (Wildman–Crippen MR) is 74.0 cm³/mol. The largest absolute Gasteiger partial charge is 0.481 e. The van der Waals surface area contributed by atoms with Gasteiger partial charge in [0.15, 0.2) is 6.10 Å². The van der Waals surface area contributed by atoms with Crippen LogP contribution in [0.15, 0.2) is 36.4 Å². The Morgan fingerprint density at radius 2 is 2.05 bits per heavy atom. The number of aliphatic hydroxyl groups is 1. The molecule has 2 rings (SSSR count). The third kappa shape index (κ3) is 2.69. The third-order valence-electron chi connectivity index (χ3n) is 3.08. The minimum absolute atomic E-state index is 0.128. The lowest BCUT2D eigenvalue weighted by Gasteiger charge is -2.17. The molecule has 0 aromatic heterocycles. The van der Waals surface area contributed by atoms with Crippen LogP contribution in [-0.4, -0.2) is 24.2 Å². The quantitative estimate of drug-likeness (QED) is 0.881. The fraction of sp³-hybridized carbons (Fsp3) is 0.267. The first-order chi connectivity index (χ1) is 9.17. The Balaban J connectivity index is 2.40. The summed E-state index contributed by atoms with van der Waals surface area (Å²) in [6, 6.07) is 11.5. The molecule has 0 fully saturated rings. The summed E-state index contributed by atoms with van der Waals surface area (Å²) in [7, 11) is 1.57. The summed E-state index contributed by atoms with van der Waals surface area (Å²) in [5.74, 6) is 0.342. The highest BCUT2D eigenvalue weighted by Gasteiger charge is 2.15. The van der Waals surface area contributed by atoms with E-state index in [0.29, 0.717) is 11.3 Å². The summed E-state index contributed by atoms with van der Waals surface area (Å²) in [6.07, 6.45) is -0.600. The van der Waals surface area contributed by atoms with Crippen LogP contribution < -0.4 is 10.1 Å². The van der Waals surface area contributed by atoms with Crippen molar-refractivity contribution in [3.05, 3.63) is 42.0 Å². The molecule has 0 aliphatic carbocycles. The number of ether oxygens (including phenoxy) is 1. The topological polar surface area (TPSA) is 58.6 Å². The highest BCUT2D eigenvalue weighted by atomic mass is 16.5. The van der Waals surface area contributed by atoms with E-state index in [4.69, 9.17) is 4.74 Å². The molecule has 19 heavy (non-hydrogen) atoms. The van der Waals surface area contributed by atoms with Crippen molar-refractivity contribution >= 4 is 16.7 Å². The molecule has 0 radical (unpaired) electrons. The van der Waals surface area contributed by atoms with Gasteiger partial charge in [0.1, 0.15) is 5.75 Å². The second-order valence-corrected chi connectivity index (χ2v) is 4.30. The van der Waals surface area contributed by atoms with Gasteiger partial charge < -0.3 is 15.2 Å². The van der Waals surface area contributed by atoms with Gasteiger partial charge in [0.2, 0.25) is 0 Å². The first kappa shape index (κ1) is 13.4. The van der Waals surface area contributed by atoms with E-state index in [9.17, 15) is 9.90 Å². The van der Waals surface area contributed by atoms with Crippen LogP contribution in [0.1, 0.15) is 12.5 Å². The average Bonchev–Trinajstić information content (AvgIpc) is 2.46. The molecule has 1 amide bonds. The molecular weight excluding hydrogens is 242 g/mol. The number of hydrogen-bond donors (Lipinski definition) is 2. The van der Waals surface area contributed by atoms with Crippen molar-refractivity contribution in [2.24, 2.45) is 0 Å². The molecule has 2 N–H and O–H groups in total. The van der Waals surface area contributed by atoms with Gasteiger partial charge in [0.05, 0.1) is 6.61 Å². The number of rotatable bonds is 4. The van der Waals surface area contributed by atoms with Crippen LogP contribution in [0.5, 0.6) is 5.75 Å². The highest BCUT2D eigenvalue weighted by Crippen LogP contribution is 2.28. The van der Waals surface area contributed by atoms with Crippen LogP contribution in [-0.2, 0) is 11.4 Å². The van der Waals surface area contributed by atoms with Gasteiger partial charge in [-0.15, -0.1) is 0 Å². The molecule has 2 aromatic rings. The Kier molecular flexibility index (Phi) is 4.02. The summed E-state index contributed by atoms with van der Waals surface area (Å²) < 4.78 is 5.63. The van der Waals surface area contributed by atoms with Crippen molar-refractivity contribution in [3.8, 4) is 5.75 Å². The van der Waals surface area contributed by atoms with E-state index in [0.717, 1.165) is 10.8 Å². The number of fused-ring (bicyclic) bond motifs is 1. The summed E-state index contributed by atoms with van der Waals surface area (Å²) in [6.45, 7) is 1.55. The number of benzene rings is 2. The Morgan fingerprint density at radius 1 is 1.32 bits per heavy atom. The van der Waals surface area contributed by atoms with Crippen LogP contribution in [0.2, 0.25) is 0 Å². The second kappa shape index (κ2) is 5.71. The van der Waals surface area contributed by atoms with Gasteiger partial charge in [0.25, 0.3) is 5.91 Å². The Bertz CT molecular complexity index is 595. The van der Waals surface area contributed by atoms with E-state index < -0.39 is 6.10 Å².